The molecular formula is C12H17NO3. The highest BCUT2D eigenvalue weighted by Gasteiger charge is 2.11. The molecule has 0 aliphatic carbocycles. The first-order chi connectivity index (χ1) is 7.66. The summed E-state index contributed by atoms with van der Waals surface area (Å²) >= 11 is 0. The normalized spacial score (nSPS) is 10.1. The molecule has 0 saturated carbocycles. The van der Waals surface area contributed by atoms with Crippen molar-refractivity contribution in [2.75, 3.05) is 18.9 Å². The number of aliphatic hydroxyl groups excluding tert-OH is 1. The quantitative estimate of drug-likeness (QED) is 0.451. The van der Waals surface area contributed by atoms with Crippen molar-refractivity contribution in [3.05, 3.63) is 29.3 Å². The fraction of sp³-hybridized carbons (Fsp3) is 0.417. The highest BCUT2D eigenvalue weighted by atomic mass is 16.5. The maximum absolute atomic E-state index is 11.6. The summed E-state index contributed by atoms with van der Waals surface area (Å²) in [5, 5.41) is 8.57. The molecule has 0 heterocycles. The van der Waals surface area contributed by atoms with Crippen molar-refractivity contribution < 1.29 is 14.6 Å². The van der Waals surface area contributed by atoms with Crippen molar-refractivity contribution in [3.63, 3.8) is 0 Å². The van der Waals surface area contributed by atoms with Gasteiger partial charge in [0.05, 0.1) is 12.2 Å². The van der Waals surface area contributed by atoms with Gasteiger partial charge in [0.2, 0.25) is 0 Å². The first-order valence-corrected chi connectivity index (χ1v) is 5.30. The summed E-state index contributed by atoms with van der Waals surface area (Å²) in [6.45, 7) is 2.27. The molecule has 0 aromatic heterocycles. The van der Waals surface area contributed by atoms with E-state index in [-0.39, 0.29) is 6.61 Å². The molecule has 1 aromatic rings. The Bertz CT molecular complexity index is 363. The van der Waals surface area contributed by atoms with Crippen LogP contribution >= 0.6 is 0 Å². The summed E-state index contributed by atoms with van der Waals surface area (Å²) in [6, 6.07) is 5.27. The van der Waals surface area contributed by atoms with E-state index in [0.29, 0.717) is 30.7 Å². The molecule has 0 aliphatic rings. The molecule has 0 unspecified atom stereocenters. The molecule has 1 rings (SSSR count). The lowest BCUT2D eigenvalue weighted by Gasteiger charge is -2.08. The van der Waals surface area contributed by atoms with Crippen LogP contribution in [-0.4, -0.2) is 24.3 Å². The van der Waals surface area contributed by atoms with Gasteiger partial charge in [0, 0.05) is 12.3 Å². The van der Waals surface area contributed by atoms with Gasteiger partial charge < -0.3 is 15.6 Å². The molecule has 0 aliphatic heterocycles. The number of nitrogen functional groups attached to an aromatic ring is 1. The van der Waals surface area contributed by atoms with E-state index >= 15 is 0 Å². The van der Waals surface area contributed by atoms with Crippen molar-refractivity contribution in [1.29, 1.82) is 0 Å². The number of hydrogen-bond donors (Lipinski definition) is 2. The van der Waals surface area contributed by atoms with Crippen LogP contribution in [0.15, 0.2) is 18.2 Å². The van der Waals surface area contributed by atoms with E-state index in [4.69, 9.17) is 15.6 Å². The number of nitrogens with two attached hydrogens (primary N) is 1. The van der Waals surface area contributed by atoms with Crippen LogP contribution < -0.4 is 5.73 Å². The van der Waals surface area contributed by atoms with Gasteiger partial charge in [-0.15, -0.1) is 0 Å². The number of anilines is 1. The maximum atomic E-state index is 11.6. The minimum Gasteiger partial charge on any atom is -0.462 e. The predicted molar refractivity (Wildman–Crippen MR) is 62.2 cm³/mol. The van der Waals surface area contributed by atoms with Crippen LogP contribution in [0.4, 0.5) is 5.69 Å². The van der Waals surface area contributed by atoms with E-state index in [0.717, 1.165) is 5.56 Å². The average molecular weight is 223 g/mol. The first kappa shape index (κ1) is 12.5. The lowest BCUT2D eigenvalue weighted by molar-refractivity contribution is 0.0494. The lowest BCUT2D eigenvalue weighted by atomic mass is 10.1. The van der Waals surface area contributed by atoms with E-state index in [2.05, 4.69) is 0 Å². The number of esters is 1. The maximum Gasteiger partial charge on any atom is 0.340 e. The summed E-state index contributed by atoms with van der Waals surface area (Å²) in [5.74, 6) is -0.404. The van der Waals surface area contributed by atoms with Gasteiger partial charge in [0.1, 0.15) is 0 Å². The first-order valence-electron chi connectivity index (χ1n) is 5.30. The number of aryl methyl sites for hydroxylation is 1. The van der Waals surface area contributed by atoms with Crippen LogP contribution in [-0.2, 0) is 4.74 Å². The van der Waals surface area contributed by atoms with Gasteiger partial charge in [-0.2, -0.15) is 0 Å². The second-order valence-corrected chi connectivity index (χ2v) is 3.60. The van der Waals surface area contributed by atoms with E-state index in [1.165, 1.54) is 0 Å². The number of hydrogen-bond acceptors (Lipinski definition) is 4. The molecule has 0 atom stereocenters. The summed E-state index contributed by atoms with van der Waals surface area (Å²) in [6.07, 6.45) is 1.30. The summed E-state index contributed by atoms with van der Waals surface area (Å²) in [5.41, 5.74) is 7.51. The number of carbonyl (C=O) groups excluding carboxylic acids is 1. The zero-order valence-electron chi connectivity index (χ0n) is 9.40. The standard InChI is InChI=1S/C12H17NO3/c1-9-5-4-6-10(11(9)13)12(15)16-8-3-2-7-14/h4-6,14H,2-3,7-8,13H2,1H3. The molecule has 0 amide bonds. The molecule has 16 heavy (non-hydrogen) atoms. The molecule has 4 heteroatoms. The van der Waals surface area contributed by atoms with Crippen molar-refractivity contribution in [1.82, 2.24) is 0 Å². The Balaban J connectivity index is 2.56. The number of carbonyl (C=O) groups is 1. The average Bonchev–Trinajstić information content (AvgIpc) is 2.28. The predicted octanol–water partition coefficient (Wildman–Crippen LogP) is 1.51. The molecule has 0 bridgehead atoms. The smallest absolute Gasteiger partial charge is 0.340 e. The molecule has 3 N–H and O–H groups in total. The zero-order valence-corrected chi connectivity index (χ0v) is 9.40. The van der Waals surface area contributed by atoms with Crippen molar-refractivity contribution >= 4 is 11.7 Å². The molecular weight excluding hydrogens is 206 g/mol. The molecule has 0 saturated heterocycles. The van der Waals surface area contributed by atoms with Crippen molar-refractivity contribution in [2.45, 2.75) is 19.8 Å². The lowest BCUT2D eigenvalue weighted by Crippen LogP contribution is -2.10. The van der Waals surface area contributed by atoms with E-state index in [1.54, 1.807) is 12.1 Å². The number of aliphatic hydroxyl groups is 1. The second-order valence-electron chi connectivity index (χ2n) is 3.60. The fourth-order valence-corrected chi connectivity index (χ4v) is 1.32. The Morgan fingerprint density at radius 3 is 2.88 bits per heavy atom. The number of para-hydroxylation sites is 1. The SMILES string of the molecule is Cc1cccc(C(=O)OCCCCO)c1N. The van der Waals surface area contributed by atoms with Gasteiger partial charge in [-0.3, -0.25) is 0 Å². The third-order valence-electron chi connectivity index (χ3n) is 2.33. The van der Waals surface area contributed by atoms with Gasteiger partial charge in [-0.25, -0.2) is 4.79 Å². The minimum atomic E-state index is -0.404. The summed E-state index contributed by atoms with van der Waals surface area (Å²) in [4.78, 5) is 11.6. The van der Waals surface area contributed by atoms with Crippen molar-refractivity contribution in [3.8, 4) is 0 Å². The highest BCUT2D eigenvalue weighted by Crippen LogP contribution is 2.17. The minimum absolute atomic E-state index is 0.115. The summed E-state index contributed by atoms with van der Waals surface area (Å²) < 4.78 is 5.04. The highest BCUT2D eigenvalue weighted by molar-refractivity contribution is 5.95. The van der Waals surface area contributed by atoms with Crippen LogP contribution in [0.25, 0.3) is 0 Å². The second kappa shape index (κ2) is 6.12. The van der Waals surface area contributed by atoms with Gasteiger partial charge in [-0.05, 0) is 31.4 Å². The van der Waals surface area contributed by atoms with Crippen LogP contribution in [0.1, 0.15) is 28.8 Å². The third-order valence-corrected chi connectivity index (χ3v) is 2.33. The topological polar surface area (TPSA) is 72.5 Å². The zero-order chi connectivity index (χ0) is 12.0. The Hall–Kier alpha value is -1.55. The van der Waals surface area contributed by atoms with Crippen LogP contribution in [0.2, 0.25) is 0 Å². The van der Waals surface area contributed by atoms with Gasteiger partial charge >= 0.3 is 5.97 Å². The van der Waals surface area contributed by atoms with Gasteiger partial charge in [0.25, 0.3) is 0 Å². The van der Waals surface area contributed by atoms with Crippen LogP contribution in [0.5, 0.6) is 0 Å². The number of rotatable bonds is 5. The summed E-state index contributed by atoms with van der Waals surface area (Å²) in [7, 11) is 0. The number of benzene rings is 1. The monoisotopic (exact) mass is 223 g/mol. The number of unbranched alkanes of at least 4 members (excludes halogenated alkanes) is 1. The van der Waals surface area contributed by atoms with Gasteiger partial charge in [-0.1, -0.05) is 12.1 Å². The number of ether oxygens (including phenoxy) is 1. The Kier molecular flexibility index (Phi) is 4.79. The van der Waals surface area contributed by atoms with Gasteiger partial charge in [0.15, 0.2) is 0 Å². The molecule has 4 nitrogen and oxygen atoms in total. The Labute approximate surface area is 95.0 Å². The fourth-order valence-electron chi connectivity index (χ4n) is 1.32. The molecule has 1 aromatic carbocycles. The van der Waals surface area contributed by atoms with E-state index in [9.17, 15) is 4.79 Å². The largest absolute Gasteiger partial charge is 0.462 e. The third kappa shape index (κ3) is 3.24. The molecule has 0 spiro atoms. The van der Waals surface area contributed by atoms with Crippen LogP contribution in [0.3, 0.4) is 0 Å². The Morgan fingerprint density at radius 2 is 2.19 bits per heavy atom. The molecule has 0 radical (unpaired) electrons. The Morgan fingerprint density at radius 1 is 1.44 bits per heavy atom. The van der Waals surface area contributed by atoms with E-state index < -0.39 is 5.97 Å². The molecule has 0 fully saturated rings. The molecule has 88 valence electrons. The van der Waals surface area contributed by atoms with Crippen LogP contribution in [0, 0.1) is 6.92 Å². The van der Waals surface area contributed by atoms with E-state index in [1.807, 2.05) is 13.0 Å². The van der Waals surface area contributed by atoms with Crippen molar-refractivity contribution in [2.24, 2.45) is 0 Å².